The van der Waals surface area contributed by atoms with E-state index in [0.717, 1.165) is 4.90 Å². The van der Waals surface area contributed by atoms with Gasteiger partial charge in [-0.05, 0) is 24.3 Å². The van der Waals surface area contributed by atoms with Crippen LogP contribution in [-0.2, 0) is 14.8 Å². The highest BCUT2D eigenvalue weighted by Crippen LogP contribution is 2.20. The standard InChI is InChI=1S/C13H17N3O3S2/c14-9-12-10-16(5-6-19-12)21(17,18)8-7-20-13-3-1-11(15)2-4-13/h1-4,12H,5-8,10,15H2. The molecule has 0 radical (unpaired) electrons. The first-order chi connectivity index (χ1) is 10.0. The zero-order valence-electron chi connectivity index (χ0n) is 11.4. The van der Waals surface area contributed by atoms with Crippen LogP contribution >= 0.6 is 11.8 Å². The first-order valence-corrected chi connectivity index (χ1v) is 9.08. The number of hydrogen-bond acceptors (Lipinski definition) is 6. The number of nitrogens with two attached hydrogens (primary N) is 1. The molecule has 2 N–H and O–H groups in total. The van der Waals surface area contributed by atoms with Gasteiger partial charge in [0.25, 0.3) is 0 Å². The van der Waals surface area contributed by atoms with Gasteiger partial charge in [0.15, 0.2) is 6.10 Å². The summed E-state index contributed by atoms with van der Waals surface area (Å²) in [5.74, 6) is 0.501. The Kier molecular flexibility index (Phi) is 5.47. The molecular formula is C13H17N3O3S2. The average Bonchev–Trinajstić information content (AvgIpc) is 2.49. The molecule has 0 aromatic heterocycles. The number of sulfonamides is 1. The van der Waals surface area contributed by atoms with Crippen molar-refractivity contribution in [3.63, 3.8) is 0 Å². The van der Waals surface area contributed by atoms with Crippen LogP contribution in [0.4, 0.5) is 5.69 Å². The molecule has 1 aromatic carbocycles. The number of thioether (sulfide) groups is 1. The Bertz CT molecular complexity index is 611. The fourth-order valence-electron chi connectivity index (χ4n) is 1.91. The van der Waals surface area contributed by atoms with E-state index < -0.39 is 16.1 Å². The predicted molar refractivity (Wildman–Crippen MR) is 82.3 cm³/mol. The van der Waals surface area contributed by atoms with Gasteiger partial charge in [-0.15, -0.1) is 11.8 Å². The highest BCUT2D eigenvalue weighted by atomic mass is 32.2. The molecule has 6 nitrogen and oxygen atoms in total. The summed E-state index contributed by atoms with van der Waals surface area (Å²) < 4.78 is 30.9. The molecule has 2 rings (SSSR count). The minimum Gasteiger partial charge on any atom is -0.399 e. The molecule has 1 aliphatic heterocycles. The third kappa shape index (κ3) is 4.61. The summed E-state index contributed by atoms with van der Waals surface area (Å²) in [4.78, 5) is 0.983. The molecule has 0 amide bonds. The van der Waals surface area contributed by atoms with Crippen molar-refractivity contribution >= 4 is 27.5 Å². The first-order valence-electron chi connectivity index (χ1n) is 6.48. The molecule has 8 heteroatoms. The quantitative estimate of drug-likeness (QED) is 0.638. The Labute approximate surface area is 128 Å². The molecule has 0 spiro atoms. The molecular weight excluding hydrogens is 310 g/mol. The van der Waals surface area contributed by atoms with Crippen LogP contribution in [0, 0.1) is 11.3 Å². The molecule has 1 fully saturated rings. The molecule has 1 aliphatic rings. The van der Waals surface area contributed by atoms with E-state index in [9.17, 15) is 8.42 Å². The van der Waals surface area contributed by atoms with Crippen LogP contribution in [0.3, 0.4) is 0 Å². The van der Waals surface area contributed by atoms with Crippen LogP contribution in [0.2, 0.25) is 0 Å². The van der Waals surface area contributed by atoms with Crippen LogP contribution < -0.4 is 5.73 Å². The summed E-state index contributed by atoms with van der Waals surface area (Å²) in [6.45, 7) is 0.695. The second-order valence-electron chi connectivity index (χ2n) is 4.58. The average molecular weight is 327 g/mol. The number of benzene rings is 1. The lowest BCUT2D eigenvalue weighted by Crippen LogP contribution is -2.46. The Morgan fingerprint density at radius 2 is 2.14 bits per heavy atom. The highest BCUT2D eigenvalue weighted by Gasteiger charge is 2.28. The van der Waals surface area contributed by atoms with Crippen molar-refractivity contribution in [2.45, 2.75) is 11.0 Å². The second-order valence-corrected chi connectivity index (χ2v) is 7.84. The Balaban J connectivity index is 1.86. The van der Waals surface area contributed by atoms with Crippen molar-refractivity contribution in [3.05, 3.63) is 24.3 Å². The fourth-order valence-corrected chi connectivity index (χ4v) is 4.63. The van der Waals surface area contributed by atoms with E-state index in [1.807, 2.05) is 18.2 Å². The molecule has 0 aliphatic carbocycles. The van der Waals surface area contributed by atoms with Crippen LogP contribution in [-0.4, -0.2) is 50.0 Å². The van der Waals surface area contributed by atoms with Gasteiger partial charge in [-0.1, -0.05) is 0 Å². The summed E-state index contributed by atoms with van der Waals surface area (Å²) in [5.41, 5.74) is 6.28. The smallest absolute Gasteiger partial charge is 0.215 e. The Morgan fingerprint density at radius 3 is 2.81 bits per heavy atom. The van der Waals surface area contributed by atoms with Crippen LogP contribution in [0.5, 0.6) is 0 Å². The van der Waals surface area contributed by atoms with E-state index in [1.165, 1.54) is 16.1 Å². The van der Waals surface area contributed by atoms with Gasteiger partial charge in [0, 0.05) is 22.9 Å². The lowest BCUT2D eigenvalue weighted by atomic mass is 10.3. The van der Waals surface area contributed by atoms with Gasteiger partial charge in [-0.2, -0.15) is 9.57 Å². The summed E-state index contributed by atoms with van der Waals surface area (Å²) in [7, 11) is -3.35. The minimum atomic E-state index is -3.35. The number of rotatable bonds is 5. The van der Waals surface area contributed by atoms with Crippen LogP contribution in [0.15, 0.2) is 29.2 Å². The summed E-state index contributed by atoms with van der Waals surface area (Å²) in [5, 5.41) is 8.81. The Morgan fingerprint density at radius 1 is 1.43 bits per heavy atom. The van der Waals surface area contributed by atoms with E-state index in [-0.39, 0.29) is 18.9 Å². The second kappa shape index (κ2) is 7.13. The van der Waals surface area contributed by atoms with Gasteiger partial charge >= 0.3 is 0 Å². The Hall–Kier alpha value is -1.27. The molecule has 21 heavy (non-hydrogen) atoms. The third-order valence-electron chi connectivity index (χ3n) is 3.06. The highest BCUT2D eigenvalue weighted by molar-refractivity contribution is 8.00. The van der Waals surface area contributed by atoms with E-state index in [0.29, 0.717) is 18.0 Å². The summed E-state index contributed by atoms with van der Waals surface area (Å²) in [6.07, 6.45) is -0.668. The number of hydrogen-bond donors (Lipinski definition) is 1. The zero-order chi connectivity index (χ0) is 15.3. The SMILES string of the molecule is N#CC1CN(S(=O)(=O)CCSc2ccc(N)cc2)CCO1. The topological polar surface area (TPSA) is 96.4 Å². The first kappa shape index (κ1) is 16.1. The number of ether oxygens (including phenoxy) is 1. The van der Waals surface area contributed by atoms with Crippen molar-refractivity contribution in [1.82, 2.24) is 4.31 Å². The molecule has 1 heterocycles. The molecule has 0 saturated carbocycles. The van der Waals surface area contributed by atoms with E-state index in [2.05, 4.69) is 0 Å². The van der Waals surface area contributed by atoms with Crippen molar-refractivity contribution in [1.29, 1.82) is 5.26 Å². The lowest BCUT2D eigenvalue weighted by molar-refractivity contribution is 0.0312. The number of anilines is 1. The molecule has 1 aromatic rings. The monoisotopic (exact) mass is 327 g/mol. The van der Waals surface area contributed by atoms with Gasteiger partial charge in [0.2, 0.25) is 10.0 Å². The number of morpholine rings is 1. The lowest BCUT2D eigenvalue weighted by Gasteiger charge is -2.28. The van der Waals surface area contributed by atoms with Gasteiger partial charge in [-0.3, -0.25) is 0 Å². The molecule has 0 bridgehead atoms. The van der Waals surface area contributed by atoms with Gasteiger partial charge in [0.1, 0.15) is 0 Å². The van der Waals surface area contributed by atoms with Crippen molar-refractivity contribution in [3.8, 4) is 6.07 Å². The molecule has 114 valence electrons. The maximum Gasteiger partial charge on any atom is 0.215 e. The zero-order valence-corrected chi connectivity index (χ0v) is 13.1. The number of nitriles is 1. The van der Waals surface area contributed by atoms with Crippen molar-refractivity contribution in [2.75, 3.05) is 36.9 Å². The van der Waals surface area contributed by atoms with Crippen molar-refractivity contribution < 1.29 is 13.2 Å². The predicted octanol–water partition coefficient (Wildman–Crippen LogP) is 0.915. The summed E-state index contributed by atoms with van der Waals surface area (Å²) in [6, 6.07) is 9.26. The number of nitrogen functional groups attached to an aromatic ring is 1. The van der Waals surface area contributed by atoms with E-state index in [1.54, 1.807) is 12.1 Å². The molecule has 1 atom stereocenters. The summed E-state index contributed by atoms with van der Waals surface area (Å²) >= 11 is 1.47. The van der Waals surface area contributed by atoms with E-state index >= 15 is 0 Å². The normalized spacial score (nSPS) is 20.0. The van der Waals surface area contributed by atoms with Crippen molar-refractivity contribution in [2.24, 2.45) is 0 Å². The van der Waals surface area contributed by atoms with Gasteiger partial charge < -0.3 is 10.5 Å². The minimum absolute atomic E-state index is 0.0419. The third-order valence-corrected chi connectivity index (χ3v) is 6.17. The number of nitrogens with zero attached hydrogens (tertiary/aromatic N) is 2. The molecule has 1 unspecified atom stereocenters. The fraction of sp³-hybridized carbons (Fsp3) is 0.462. The molecule has 1 saturated heterocycles. The maximum atomic E-state index is 12.2. The van der Waals surface area contributed by atoms with Crippen LogP contribution in [0.25, 0.3) is 0 Å². The van der Waals surface area contributed by atoms with Crippen LogP contribution in [0.1, 0.15) is 0 Å². The van der Waals surface area contributed by atoms with E-state index in [4.69, 9.17) is 15.7 Å². The largest absolute Gasteiger partial charge is 0.399 e. The van der Waals surface area contributed by atoms with Gasteiger partial charge in [0.05, 0.1) is 25.0 Å². The van der Waals surface area contributed by atoms with Gasteiger partial charge in [-0.25, -0.2) is 8.42 Å². The maximum absolute atomic E-state index is 12.2.